The second-order valence-electron chi connectivity index (χ2n) is 8.74. The van der Waals surface area contributed by atoms with Crippen molar-refractivity contribution in [2.45, 2.75) is 24.3 Å². The lowest BCUT2D eigenvalue weighted by molar-refractivity contribution is -0.139. The van der Waals surface area contributed by atoms with Crippen molar-refractivity contribution in [3.63, 3.8) is 0 Å². The van der Waals surface area contributed by atoms with Gasteiger partial charge >= 0.3 is 5.97 Å². The summed E-state index contributed by atoms with van der Waals surface area (Å²) in [6.07, 6.45) is 0.0600. The summed E-state index contributed by atoms with van der Waals surface area (Å²) in [6, 6.07) is 27.0. The van der Waals surface area contributed by atoms with Gasteiger partial charge in [0.2, 0.25) is 0 Å². The molecule has 0 spiro atoms. The fraction of sp³-hybridized carbons (Fsp3) is 0.103. The number of nitrogens with one attached hydrogen (secondary N) is 2. The number of rotatable bonds is 9. The number of sulfonamides is 1. The molecule has 0 saturated heterocycles. The van der Waals surface area contributed by atoms with E-state index in [-0.39, 0.29) is 22.6 Å². The average molecular weight is 640 g/mol. The number of aliphatic carboxylic acids is 1. The van der Waals surface area contributed by atoms with Crippen LogP contribution < -0.4 is 10.0 Å². The van der Waals surface area contributed by atoms with E-state index in [1.54, 1.807) is 18.2 Å². The summed E-state index contributed by atoms with van der Waals surface area (Å²) in [4.78, 5) is 25.3. The van der Waals surface area contributed by atoms with Gasteiger partial charge < -0.3 is 10.4 Å². The maximum Gasteiger partial charge on any atom is 0.326 e. The summed E-state index contributed by atoms with van der Waals surface area (Å²) in [5, 5.41) is 12.4. The molecule has 3 N–H and O–H groups in total. The molecule has 4 aromatic carbocycles. The number of amides is 1. The minimum Gasteiger partial charge on any atom is -0.480 e. The molecule has 0 bridgehead atoms. The summed E-state index contributed by atoms with van der Waals surface area (Å²) >= 11 is 2.01. The third kappa shape index (κ3) is 6.78. The molecule has 4 aromatic rings. The van der Waals surface area contributed by atoms with E-state index in [9.17, 15) is 23.1 Å². The van der Waals surface area contributed by atoms with E-state index in [4.69, 9.17) is 0 Å². The van der Waals surface area contributed by atoms with Crippen molar-refractivity contribution in [3.05, 3.63) is 117 Å². The zero-order chi connectivity index (χ0) is 27.3. The van der Waals surface area contributed by atoms with Crippen LogP contribution >= 0.6 is 22.6 Å². The zero-order valence-corrected chi connectivity index (χ0v) is 23.4. The summed E-state index contributed by atoms with van der Waals surface area (Å²) in [5.74, 6) is -1.89. The first-order valence-corrected chi connectivity index (χ1v) is 14.3. The molecule has 0 heterocycles. The predicted octanol–water partition coefficient (Wildman–Crippen LogP) is 5.49. The van der Waals surface area contributed by atoms with Crippen LogP contribution in [-0.4, -0.2) is 31.4 Å². The quantitative estimate of drug-likeness (QED) is 0.210. The molecule has 0 aliphatic carbocycles. The summed E-state index contributed by atoms with van der Waals surface area (Å²) < 4.78 is 29.0. The van der Waals surface area contributed by atoms with Crippen LogP contribution in [0.2, 0.25) is 0 Å². The Balaban J connectivity index is 1.53. The number of halogens is 1. The number of hydrogen-bond acceptors (Lipinski definition) is 4. The molecule has 0 aromatic heterocycles. The van der Waals surface area contributed by atoms with Gasteiger partial charge in [-0.2, -0.15) is 0 Å². The number of carboxylic acid groups (broad SMARTS) is 1. The molecule has 1 amide bonds. The molecule has 1 atom stereocenters. The highest BCUT2D eigenvalue weighted by molar-refractivity contribution is 14.1. The minimum absolute atomic E-state index is 0.0262. The van der Waals surface area contributed by atoms with Crippen molar-refractivity contribution >= 4 is 50.2 Å². The Bertz CT molecular complexity index is 1560. The highest BCUT2D eigenvalue weighted by atomic mass is 127. The predicted molar refractivity (Wildman–Crippen MR) is 156 cm³/mol. The van der Waals surface area contributed by atoms with Crippen LogP contribution in [0.1, 0.15) is 21.5 Å². The monoisotopic (exact) mass is 640 g/mol. The van der Waals surface area contributed by atoms with E-state index < -0.39 is 27.9 Å². The first kappa shape index (κ1) is 27.3. The van der Waals surface area contributed by atoms with Crippen molar-refractivity contribution < 1.29 is 23.1 Å². The van der Waals surface area contributed by atoms with E-state index in [1.807, 2.05) is 84.1 Å². The summed E-state index contributed by atoms with van der Waals surface area (Å²) in [6.45, 7) is 1.85. The molecule has 0 unspecified atom stereocenters. The lowest BCUT2D eigenvalue weighted by Gasteiger charge is -2.17. The Kier molecular flexibility index (Phi) is 8.48. The lowest BCUT2D eigenvalue weighted by atomic mass is 10.0. The van der Waals surface area contributed by atoms with Crippen molar-refractivity contribution in [1.82, 2.24) is 5.32 Å². The van der Waals surface area contributed by atoms with Gasteiger partial charge in [-0.15, -0.1) is 0 Å². The number of anilines is 1. The zero-order valence-electron chi connectivity index (χ0n) is 20.4. The molecule has 0 saturated carbocycles. The molecule has 194 valence electrons. The molecule has 0 aliphatic rings. The second-order valence-corrected chi connectivity index (χ2v) is 11.7. The van der Waals surface area contributed by atoms with Crippen LogP contribution in [0.3, 0.4) is 0 Å². The van der Waals surface area contributed by atoms with Gasteiger partial charge in [-0.1, -0.05) is 72.3 Å². The normalized spacial score (nSPS) is 11.9. The van der Waals surface area contributed by atoms with Crippen LogP contribution in [0.4, 0.5) is 5.69 Å². The molecule has 4 rings (SSSR count). The highest BCUT2D eigenvalue weighted by Crippen LogP contribution is 2.24. The van der Waals surface area contributed by atoms with Gasteiger partial charge in [0, 0.05) is 9.99 Å². The van der Waals surface area contributed by atoms with Crippen LogP contribution in [0.5, 0.6) is 0 Å². The smallest absolute Gasteiger partial charge is 0.326 e. The maximum atomic E-state index is 13.2. The number of carboxylic acids is 1. The molecule has 7 nitrogen and oxygen atoms in total. The van der Waals surface area contributed by atoms with Gasteiger partial charge in [0.05, 0.1) is 16.1 Å². The Morgan fingerprint density at radius 1 is 0.868 bits per heavy atom. The molecule has 9 heteroatoms. The third-order valence-electron chi connectivity index (χ3n) is 5.91. The molecule has 38 heavy (non-hydrogen) atoms. The number of aryl methyl sites for hydroxylation is 1. The molecule has 0 radical (unpaired) electrons. The molecule has 0 fully saturated rings. The van der Waals surface area contributed by atoms with Gasteiger partial charge in [-0.05, 0) is 76.5 Å². The number of carbonyl (C=O) groups is 2. The van der Waals surface area contributed by atoms with Crippen LogP contribution in [0.25, 0.3) is 11.1 Å². The Morgan fingerprint density at radius 2 is 1.50 bits per heavy atom. The fourth-order valence-electron chi connectivity index (χ4n) is 3.85. The largest absolute Gasteiger partial charge is 0.480 e. The molecule has 0 aliphatic heterocycles. The summed E-state index contributed by atoms with van der Waals surface area (Å²) in [7, 11) is -3.97. The van der Waals surface area contributed by atoms with Crippen LogP contribution in [0.15, 0.2) is 102 Å². The van der Waals surface area contributed by atoms with E-state index >= 15 is 0 Å². The SMILES string of the molecule is Cc1ccc(S(=O)(=O)Nc2ccc(I)cc2C(=O)N[C@@H](Cc2ccc(-c3ccccc3)cc2)C(=O)O)cc1. The van der Waals surface area contributed by atoms with Crippen LogP contribution in [0, 0.1) is 10.5 Å². The topological polar surface area (TPSA) is 113 Å². The molecular weight excluding hydrogens is 615 g/mol. The van der Waals surface area contributed by atoms with E-state index in [0.717, 1.165) is 22.3 Å². The maximum absolute atomic E-state index is 13.2. The Labute approximate surface area is 235 Å². The van der Waals surface area contributed by atoms with Gasteiger partial charge in [-0.25, -0.2) is 13.2 Å². The highest BCUT2D eigenvalue weighted by Gasteiger charge is 2.24. The fourth-order valence-corrected chi connectivity index (χ4v) is 5.42. The van der Waals surface area contributed by atoms with E-state index in [1.165, 1.54) is 24.3 Å². The first-order chi connectivity index (χ1) is 18.1. The van der Waals surface area contributed by atoms with E-state index in [0.29, 0.717) is 3.57 Å². The third-order valence-corrected chi connectivity index (χ3v) is 7.96. The van der Waals surface area contributed by atoms with Gasteiger partial charge in [0.25, 0.3) is 15.9 Å². The Hall–Kier alpha value is -3.70. The standard InChI is InChI=1S/C29H25IN2O5S/c1-19-7-14-24(15-8-19)38(36,37)32-26-16-13-23(30)18-25(26)28(33)31-27(29(34)35)17-20-9-11-22(12-10-20)21-5-3-2-4-6-21/h2-16,18,27,32H,17H2,1H3,(H,31,33)(H,34,35)/t27-/m0/s1. The van der Waals surface area contributed by atoms with Crippen molar-refractivity contribution in [2.75, 3.05) is 4.72 Å². The van der Waals surface area contributed by atoms with Gasteiger partial charge in [-0.3, -0.25) is 9.52 Å². The summed E-state index contributed by atoms with van der Waals surface area (Å²) in [5.41, 5.74) is 3.77. The van der Waals surface area contributed by atoms with Crippen molar-refractivity contribution in [2.24, 2.45) is 0 Å². The van der Waals surface area contributed by atoms with Crippen LogP contribution in [-0.2, 0) is 21.2 Å². The van der Waals surface area contributed by atoms with Gasteiger partial charge in [0.1, 0.15) is 6.04 Å². The molecular formula is C29H25IN2O5S. The average Bonchev–Trinajstić information content (AvgIpc) is 2.90. The van der Waals surface area contributed by atoms with E-state index in [2.05, 4.69) is 10.0 Å². The lowest BCUT2D eigenvalue weighted by Crippen LogP contribution is -2.42. The minimum atomic E-state index is -3.97. The van der Waals surface area contributed by atoms with Gasteiger partial charge in [0.15, 0.2) is 0 Å². The number of hydrogen-bond donors (Lipinski definition) is 3. The second kappa shape index (κ2) is 11.8. The number of benzene rings is 4. The van der Waals surface area contributed by atoms with Crippen molar-refractivity contribution in [3.8, 4) is 11.1 Å². The number of carbonyl (C=O) groups excluding carboxylic acids is 1. The first-order valence-electron chi connectivity index (χ1n) is 11.7. The van der Waals surface area contributed by atoms with Crippen molar-refractivity contribution in [1.29, 1.82) is 0 Å². The Morgan fingerprint density at radius 3 is 2.13 bits per heavy atom.